The zero-order valence-electron chi connectivity index (χ0n) is 8.97. The lowest BCUT2D eigenvalue weighted by Crippen LogP contribution is -2.02. The molecule has 2 rings (SSSR count). The second-order valence-corrected chi connectivity index (χ2v) is 3.49. The first-order chi connectivity index (χ1) is 7.84. The third-order valence-corrected chi connectivity index (χ3v) is 2.23. The van der Waals surface area contributed by atoms with Gasteiger partial charge in [-0.3, -0.25) is 4.98 Å². The number of hydrogen-bond acceptors (Lipinski definition) is 3. The Hall–Kier alpha value is -2.03. The molecule has 3 heteroatoms. The van der Waals surface area contributed by atoms with E-state index in [4.69, 9.17) is 10.5 Å². The van der Waals surface area contributed by atoms with Crippen LogP contribution in [0.4, 0.5) is 5.69 Å². The summed E-state index contributed by atoms with van der Waals surface area (Å²) in [6, 6.07) is 13.3. The van der Waals surface area contributed by atoms with Crippen LogP contribution in [0.25, 0.3) is 0 Å². The summed E-state index contributed by atoms with van der Waals surface area (Å²) in [6.45, 7) is 0.626. The van der Waals surface area contributed by atoms with Gasteiger partial charge < -0.3 is 10.5 Å². The number of aromatic nitrogens is 1. The molecule has 0 radical (unpaired) electrons. The summed E-state index contributed by atoms with van der Waals surface area (Å²) in [5, 5.41) is 0. The zero-order valence-corrected chi connectivity index (χ0v) is 8.97. The molecule has 3 nitrogen and oxygen atoms in total. The quantitative estimate of drug-likeness (QED) is 0.794. The van der Waals surface area contributed by atoms with Gasteiger partial charge in [0.1, 0.15) is 5.75 Å². The molecule has 0 atom stereocenters. The van der Waals surface area contributed by atoms with Crippen LogP contribution in [0.1, 0.15) is 5.69 Å². The first-order valence-corrected chi connectivity index (χ1v) is 5.23. The molecule has 0 aliphatic carbocycles. The van der Waals surface area contributed by atoms with Crippen LogP contribution in [0.15, 0.2) is 48.7 Å². The van der Waals surface area contributed by atoms with Crippen LogP contribution >= 0.6 is 0 Å². The molecule has 1 heterocycles. The van der Waals surface area contributed by atoms with E-state index in [9.17, 15) is 0 Å². The number of pyridine rings is 1. The fraction of sp³-hybridized carbons (Fsp3) is 0.154. The van der Waals surface area contributed by atoms with Crippen molar-refractivity contribution in [1.29, 1.82) is 0 Å². The predicted octanol–water partition coefficient (Wildman–Crippen LogP) is 2.29. The monoisotopic (exact) mass is 214 g/mol. The highest BCUT2D eigenvalue weighted by Crippen LogP contribution is 2.13. The lowest BCUT2D eigenvalue weighted by atomic mass is 10.3. The number of ether oxygens (including phenoxy) is 1. The third kappa shape index (κ3) is 2.98. The van der Waals surface area contributed by atoms with Crippen molar-refractivity contribution in [3.8, 4) is 5.75 Å². The van der Waals surface area contributed by atoms with Crippen molar-refractivity contribution >= 4 is 5.69 Å². The van der Waals surface area contributed by atoms with Crippen molar-refractivity contribution in [2.45, 2.75) is 6.42 Å². The molecule has 0 aliphatic rings. The number of nitrogen functional groups attached to an aromatic ring is 1. The van der Waals surface area contributed by atoms with Crippen LogP contribution in [0.5, 0.6) is 5.75 Å². The highest BCUT2D eigenvalue weighted by atomic mass is 16.5. The Kier molecular flexibility index (Phi) is 3.38. The second kappa shape index (κ2) is 5.16. The average Bonchev–Trinajstić information content (AvgIpc) is 2.33. The van der Waals surface area contributed by atoms with Gasteiger partial charge in [0, 0.05) is 24.0 Å². The van der Waals surface area contributed by atoms with E-state index in [1.807, 2.05) is 42.5 Å². The number of nitrogens with zero attached hydrogens (tertiary/aromatic N) is 1. The van der Waals surface area contributed by atoms with E-state index in [1.54, 1.807) is 6.20 Å². The van der Waals surface area contributed by atoms with Gasteiger partial charge in [-0.25, -0.2) is 0 Å². The Bertz CT molecular complexity index is 425. The summed E-state index contributed by atoms with van der Waals surface area (Å²) in [5.74, 6) is 0.838. The first kappa shape index (κ1) is 10.5. The van der Waals surface area contributed by atoms with E-state index in [0.717, 1.165) is 23.6 Å². The largest absolute Gasteiger partial charge is 0.493 e. The molecule has 82 valence electrons. The van der Waals surface area contributed by atoms with Gasteiger partial charge in [-0.1, -0.05) is 6.07 Å². The van der Waals surface area contributed by atoms with Gasteiger partial charge in [0.15, 0.2) is 0 Å². The fourth-order valence-corrected chi connectivity index (χ4v) is 1.38. The normalized spacial score (nSPS) is 10.0. The Labute approximate surface area is 94.9 Å². The molecule has 2 N–H and O–H groups in total. The average molecular weight is 214 g/mol. The van der Waals surface area contributed by atoms with Crippen molar-refractivity contribution in [2.75, 3.05) is 12.3 Å². The molecule has 0 amide bonds. The molecule has 0 bridgehead atoms. The number of anilines is 1. The smallest absolute Gasteiger partial charge is 0.119 e. The van der Waals surface area contributed by atoms with Crippen LogP contribution < -0.4 is 10.5 Å². The topological polar surface area (TPSA) is 48.1 Å². The van der Waals surface area contributed by atoms with Gasteiger partial charge in [0.25, 0.3) is 0 Å². The van der Waals surface area contributed by atoms with E-state index < -0.39 is 0 Å². The van der Waals surface area contributed by atoms with Gasteiger partial charge in [-0.15, -0.1) is 0 Å². The van der Waals surface area contributed by atoms with Crippen LogP contribution in [0.3, 0.4) is 0 Å². The number of nitrogens with two attached hydrogens (primary N) is 1. The van der Waals surface area contributed by atoms with E-state index in [2.05, 4.69) is 4.98 Å². The molecule has 0 unspecified atom stereocenters. The molecule has 16 heavy (non-hydrogen) atoms. The predicted molar refractivity (Wildman–Crippen MR) is 64.3 cm³/mol. The summed E-state index contributed by atoms with van der Waals surface area (Å²) in [7, 11) is 0. The molecule has 0 saturated carbocycles. The van der Waals surface area contributed by atoms with Crippen LogP contribution in [0, 0.1) is 0 Å². The maximum atomic E-state index is 5.58. The Morgan fingerprint density at radius 3 is 2.56 bits per heavy atom. The molecule has 2 aromatic rings. The van der Waals surface area contributed by atoms with E-state index in [-0.39, 0.29) is 0 Å². The molecule has 1 aromatic carbocycles. The standard InChI is InChI=1S/C13H14N2O/c14-11-4-6-13(7-5-11)16-10-8-12-3-1-2-9-15-12/h1-7,9H,8,10,14H2. The van der Waals surface area contributed by atoms with Gasteiger partial charge in [-0.05, 0) is 36.4 Å². The minimum Gasteiger partial charge on any atom is -0.493 e. The SMILES string of the molecule is Nc1ccc(OCCc2ccccn2)cc1. The summed E-state index contributed by atoms with van der Waals surface area (Å²) < 4.78 is 5.57. The Morgan fingerprint density at radius 2 is 1.88 bits per heavy atom. The minimum atomic E-state index is 0.626. The van der Waals surface area contributed by atoms with Gasteiger partial charge in [0.05, 0.1) is 6.61 Å². The lowest BCUT2D eigenvalue weighted by molar-refractivity contribution is 0.320. The van der Waals surface area contributed by atoms with E-state index >= 15 is 0 Å². The van der Waals surface area contributed by atoms with Crippen LogP contribution in [-0.2, 0) is 6.42 Å². The second-order valence-electron chi connectivity index (χ2n) is 3.49. The third-order valence-electron chi connectivity index (χ3n) is 2.23. The van der Waals surface area contributed by atoms with Crippen molar-refractivity contribution < 1.29 is 4.74 Å². The highest BCUT2D eigenvalue weighted by molar-refractivity contribution is 5.41. The van der Waals surface area contributed by atoms with Crippen molar-refractivity contribution in [2.24, 2.45) is 0 Å². The van der Waals surface area contributed by atoms with Crippen molar-refractivity contribution in [1.82, 2.24) is 4.98 Å². The van der Waals surface area contributed by atoms with Crippen LogP contribution in [0.2, 0.25) is 0 Å². The molecule has 0 spiro atoms. The lowest BCUT2D eigenvalue weighted by Gasteiger charge is -2.05. The van der Waals surface area contributed by atoms with Crippen LogP contribution in [-0.4, -0.2) is 11.6 Å². The maximum Gasteiger partial charge on any atom is 0.119 e. The molecule has 0 aliphatic heterocycles. The Morgan fingerprint density at radius 1 is 1.06 bits per heavy atom. The zero-order chi connectivity index (χ0) is 11.2. The summed E-state index contributed by atoms with van der Waals surface area (Å²) in [6.07, 6.45) is 2.60. The minimum absolute atomic E-state index is 0.626. The molecule has 0 fully saturated rings. The summed E-state index contributed by atoms with van der Waals surface area (Å²) >= 11 is 0. The number of rotatable bonds is 4. The molecule has 0 saturated heterocycles. The maximum absolute atomic E-state index is 5.58. The highest BCUT2D eigenvalue weighted by Gasteiger charge is 1.95. The summed E-state index contributed by atoms with van der Waals surface area (Å²) in [5.41, 5.74) is 7.37. The first-order valence-electron chi connectivity index (χ1n) is 5.23. The number of hydrogen-bond donors (Lipinski definition) is 1. The van der Waals surface area contributed by atoms with E-state index in [1.165, 1.54) is 0 Å². The van der Waals surface area contributed by atoms with Crippen molar-refractivity contribution in [3.05, 3.63) is 54.4 Å². The summed E-state index contributed by atoms with van der Waals surface area (Å²) in [4.78, 5) is 4.22. The molecular weight excluding hydrogens is 200 g/mol. The van der Waals surface area contributed by atoms with E-state index in [0.29, 0.717) is 6.61 Å². The molecule has 1 aromatic heterocycles. The van der Waals surface area contributed by atoms with Gasteiger partial charge in [-0.2, -0.15) is 0 Å². The van der Waals surface area contributed by atoms with Crippen molar-refractivity contribution in [3.63, 3.8) is 0 Å². The molecular formula is C13H14N2O. The van der Waals surface area contributed by atoms with Gasteiger partial charge in [0.2, 0.25) is 0 Å². The number of benzene rings is 1. The fourth-order valence-electron chi connectivity index (χ4n) is 1.38. The Balaban J connectivity index is 1.82. The van der Waals surface area contributed by atoms with Gasteiger partial charge >= 0.3 is 0 Å².